The van der Waals surface area contributed by atoms with Crippen molar-refractivity contribution in [3.05, 3.63) is 40.2 Å². The van der Waals surface area contributed by atoms with Crippen LogP contribution in [0.5, 0.6) is 5.75 Å². The van der Waals surface area contributed by atoms with E-state index >= 15 is 0 Å². The summed E-state index contributed by atoms with van der Waals surface area (Å²) >= 11 is 5.53. The smallest absolute Gasteiger partial charge is 0.253 e. The normalized spacial score (nSPS) is 16.4. The number of benzene rings is 1. The highest BCUT2D eigenvalue weighted by Crippen LogP contribution is 2.20. The molecule has 0 spiro atoms. The molecule has 1 fully saturated rings. The number of H-pyrrole nitrogens is 1. The lowest BCUT2D eigenvalue weighted by Gasteiger charge is -2.28. The van der Waals surface area contributed by atoms with Crippen LogP contribution in [0.1, 0.15) is 32.3 Å². The van der Waals surface area contributed by atoms with Gasteiger partial charge in [0.05, 0.1) is 19.3 Å². The molecule has 3 rings (SSSR count). The fourth-order valence-corrected chi connectivity index (χ4v) is 3.61. The summed E-state index contributed by atoms with van der Waals surface area (Å²) in [6.45, 7) is 7.23. The van der Waals surface area contributed by atoms with Crippen molar-refractivity contribution in [1.82, 2.24) is 15.2 Å². The lowest BCUT2D eigenvalue weighted by atomic mass is 10.1. The van der Waals surface area contributed by atoms with Crippen LogP contribution in [-0.4, -0.2) is 47.4 Å². The van der Waals surface area contributed by atoms with Gasteiger partial charge in [-0.05, 0) is 63.2 Å². The highest BCUT2D eigenvalue weighted by atomic mass is 32.1. The van der Waals surface area contributed by atoms with Gasteiger partial charge in [-0.15, -0.1) is 0 Å². The number of hydrogen-bond acceptors (Lipinski definition) is 4. The lowest BCUT2D eigenvalue weighted by Crippen LogP contribution is -2.43. The highest BCUT2D eigenvalue weighted by molar-refractivity contribution is 7.80. The molecule has 27 heavy (non-hydrogen) atoms. The fourth-order valence-electron chi connectivity index (χ4n) is 3.33. The highest BCUT2D eigenvalue weighted by Gasteiger charge is 2.21. The first-order chi connectivity index (χ1) is 13.1. The third-order valence-corrected chi connectivity index (χ3v) is 5.03. The first-order valence-corrected chi connectivity index (χ1v) is 9.94. The molecule has 1 saturated heterocycles. The average Bonchev–Trinajstić information content (AvgIpc) is 3.15. The summed E-state index contributed by atoms with van der Waals surface area (Å²) in [5.74, 6) is 0.794. The number of nitrogens with zero attached hydrogens (tertiary/aromatic N) is 1. The predicted octanol–water partition coefficient (Wildman–Crippen LogP) is 2.80. The van der Waals surface area contributed by atoms with E-state index in [1.54, 1.807) is 0 Å². The van der Waals surface area contributed by atoms with Crippen LogP contribution in [0.25, 0.3) is 10.9 Å². The van der Waals surface area contributed by atoms with Gasteiger partial charge in [0.25, 0.3) is 5.56 Å². The molecule has 0 aliphatic carbocycles. The Kier molecular flexibility index (Phi) is 6.68. The van der Waals surface area contributed by atoms with Crippen LogP contribution in [0.15, 0.2) is 29.1 Å². The molecule has 1 aliphatic rings. The maximum Gasteiger partial charge on any atom is 0.253 e. The zero-order valence-corrected chi connectivity index (χ0v) is 16.7. The Morgan fingerprint density at radius 2 is 2.26 bits per heavy atom. The van der Waals surface area contributed by atoms with E-state index in [1.165, 1.54) is 0 Å². The number of rotatable bonds is 7. The number of pyridine rings is 1. The molecular formula is C20H27N3O3S. The Hall–Kier alpha value is -2.12. The van der Waals surface area contributed by atoms with Gasteiger partial charge in [-0.1, -0.05) is 0 Å². The molecule has 1 aromatic carbocycles. The third kappa shape index (κ3) is 4.99. The molecule has 1 aromatic heterocycles. The number of nitrogens with one attached hydrogen (secondary N) is 2. The SMILES string of the molecule is CCNC(=S)N(Cc1cc2cc(OCC)ccc2[nH]c1=O)C[C@H]1CCCO1. The minimum Gasteiger partial charge on any atom is -0.494 e. The number of aromatic amines is 1. The van der Waals surface area contributed by atoms with Crippen molar-refractivity contribution in [2.24, 2.45) is 0 Å². The van der Waals surface area contributed by atoms with Crippen molar-refractivity contribution in [1.29, 1.82) is 0 Å². The first kappa shape index (κ1) is 19.6. The Morgan fingerprint density at radius 3 is 2.96 bits per heavy atom. The monoisotopic (exact) mass is 389 g/mol. The molecule has 2 N–H and O–H groups in total. The van der Waals surface area contributed by atoms with Gasteiger partial charge in [0.2, 0.25) is 0 Å². The van der Waals surface area contributed by atoms with E-state index in [0.717, 1.165) is 42.6 Å². The van der Waals surface area contributed by atoms with Gasteiger partial charge in [0, 0.05) is 36.2 Å². The standard InChI is InChI=1S/C20H27N3O3S/c1-3-21-20(27)23(13-17-6-5-9-26-17)12-15-10-14-11-16(25-4-2)7-8-18(14)22-19(15)24/h7-8,10-11,17H,3-6,9,12-13H2,1-2H3,(H,21,27)(H,22,24)/t17-/m1/s1. The lowest BCUT2D eigenvalue weighted by molar-refractivity contribution is 0.0897. The molecular weight excluding hydrogens is 362 g/mol. The van der Waals surface area contributed by atoms with Crippen molar-refractivity contribution in [3.63, 3.8) is 0 Å². The molecule has 6 nitrogen and oxygen atoms in total. The molecule has 0 saturated carbocycles. The van der Waals surface area contributed by atoms with Gasteiger partial charge in [-0.25, -0.2) is 0 Å². The average molecular weight is 390 g/mol. The summed E-state index contributed by atoms with van der Waals surface area (Å²) in [5.41, 5.74) is 1.38. The van der Waals surface area contributed by atoms with E-state index in [-0.39, 0.29) is 11.7 Å². The van der Waals surface area contributed by atoms with E-state index in [0.29, 0.717) is 30.4 Å². The van der Waals surface area contributed by atoms with Gasteiger partial charge in [0.1, 0.15) is 5.75 Å². The predicted molar refractivity (Wildman–Crippen MR) is 111 cm³/mol. The molecule has 1 aliphatic heterocycles. The summed E-state index contributed by atoms with van der Waals surface area (Å²) in [6.07, 6.45) is 2.26. The maximum absolute atomic E-state index is 12.6. The van der Waals surface area contributed by atoms with Crippen LogP contribution in [0.3, 0.4) is 0 Å². The third-order valence-electron chi connectivity index (χ3n) is 4.63. The summed E-state index contributed by atoms with van der Waals surface area (Å²) in [4.78, 5) is 17.6. The van der Waals surface area contributed by atoms with Crippen molar-refractivity contribution in [2.45, 2.75) is 39.3 Å². The fraction of sp³-hybridized carbons (Fsp3) is 0.500. The molecule has 146 valence electrons. The zero-order valence-electron chi connectivity index (χ0n) is 15.9. The number of thiocarbonyl (C=S) groups is 1. The van der Waals surface area contributed by atoms with Gasteiger partial charge < -0.3 is 24.7 Å². The summed E-state index contributed by atoms with van der Waals surface area (Å²) < 4.78 is 11.3. The van der Waals surface area contributed by atoms with Gasteiger partial charge in [-0.3, -0.25) is 4.79 Å². The van der Waals surface area contributed by atoms with Gasteiger partial charge >= 0.3 is 0 Å². The Balaban J connectivity index is 1.86. The van der Waals surface area contributed by atoms with Crippen LogP contribution in [0.2, 0.25) is 0 Å². The second-order valence-electron chi connectivity index (χ2n) is 6.66. The summed E-state index contributed by atoms with van der Waals surface area (Å²) in [7, 11) is 0. The first-order valence-electron chi connectivity index (χ1n) is 9.53. The molecule has 2 heterocycles. The Morgan fingerprint density at radius 1 is 1.41 bits per heavy atom. The number of ether oxygens (including phenoxy) is 2. The van der Waals surface area contributed by atoms with E-state index in [2.05, 4.69) is 10.3 Å². The van der Waals surface area contributed by atoms with Crippen LogP contribution in [-0.2, 0) is 11.3 Å². The largest absolute Gasteiger partial charge is 0.494 e. The molecule has 2 aromatic rings. The molecule has 7 heteroatoms. The van der Waals surface area contributed by atoms with Crippen molar-refractivity contribution in [2.75, 3.05) is 26.3 Å². The number of aromatic nitrogens is 1. The second-order valence-corrected chi connectivity index (χ2v) is 7.04. The zero-order chi connectivity index (χ0) is 19.2. The summed E-state index contributed by atoms with van der Waals surface area (Å²) in [5, 5.41) is 4.79. The van der Waals surface area contributed by atoms with Crippen LogP contribution in [0.4, 0.5) is 0 Å². The Bertz CT molecular complexity index is 846. The van der Waals surface area contributed by atoms with Crippen molar-refractivity contribution >= 4 is 28.2 Å². The minimum atomic E-state index is -0.0942. The Labute approximate surface area is 164 Å². The van der Waals surface area contributed by atoms with E-state index in [9.17, 15) is 4.79 Å². The molecule has 1 atom stereocenters. The van der Waals surface area contributed by atoms with Crippen LogP contribution in [0, 0.1) is 0 Å². The van der Waals surface area contributed by atoms with E-state index in [4.69, 9.17) is 21.7 Å². The van der Waals surface area contributed by atoms with Crippen molar-refractivity contribution < 1.29 is 9.47 Å². The maximum atomic E-state index is 12.6. The van der Waals surface area contributed by atoms with Crippen molar-refractivity contribution in [3.8, 4) is 5.75 Å². The van der Waals surface area contributed by atoms with Gasteiger partial charge in [-0.2, -0.15) is 0 Å². The molecule has 0 amide bonds. The molecule has 0 unspecified atom stereocenters. The van der Waals surface area contributed by atoms with Gasteiger partial charge in [0.15, 0.2) is 5.11 Å². The quantitative estimate of drug-likeness (QED) is 0.710. The second kappa shape index (κ2) is 9.19. The summed E-state index contributed by atoms with van der Waals surface area (Å²) in [6, 6.07) is 7.61. The van der Waals surface area contributed by atoms with Crippen LogP contribution >= 0.6 is 12.2 Å². The number of hydrogen-bond donors (Lipinski definition) is 2. The van der Waals surface area contributed by atoms with Crippen LogP contribution < -0.4 is 15.6 Å². The minimum absolute atomic E-state index is 0.0942. The molecule has 0 bridgehead atoms. The topological polar surface area (TPSA) is 66.6 Å². The molecule has 0 radical (unpaired) electrons. The number of fused-ring (bicyclic) bond motifs is 1. The van der Waals surface area contributed by atoms with E-state index in [1.807, 2.05) is 43.0 Å². The van der Waals surface area contributed by atoms with E-state index < -0.39 is 0 Å².